The van der Waals surface area contributed by atoms with Crippen molar-refractivity contribution in [1.29, 1.82) is 0 Å². The molecule has 0 radical (unpaired) electrons. The third-order valence-corrected chi connectivity index (χ3v) is 5.94. The molecule has 2 aromatic carbocycles. The molecule has 0 spiro atoms. The molecule has 1 aromatic heterocycles. The van der Waals surface area contributed by atoms with E-state index in [-0.39, 0.29) is 6.61 Å². The fourth-order valence-corrected chi connectivity index (χ4v) is 4.62. The van der Waals surface area contributed by atoms with Gasteiger partial charge in [-0.15, -0.1) is 0 Å². The van der Waals surface area contributed by atoms with Gasteiger partial charge in [-0.25, -0.2) is 4.79 Å². The number of benzene rings is 2. The number of nitrogens with zero attached hydrogens (tertiary/aromatic N) is 1. The second-order valence-electron chi connectivity index (χ2n) is 7.51. The number of aliphatic hydroxyl groups is 1. The van der Waals surface area contributed by atoms with Crippen LogP contribution in [0.1, 0.15) is 59.5 Å². The summed E-state index contributed by atoms with van der Waals surface area (Å²) in [6, 6.07) is 13.4. The average molecular weight is 363 g/mol. The molecule has 1 fully saturated rings. The zero-order valence-corrected chi connectivity index (χ0v) is 15.6. The Kier molecular flexibility index (Phi) is 4.75. The molecule has 4 heteroatoms. The number of fused-ring (bicyclic) bond motifs is 1. The number of aryl methyl sites for hydroxylation is 1. The highest BCUT2D eigenvalue weighted by Gasteiger charge is 2.26. The molecular formula is C23H25NO3. The first-order valence-corrected chi connectivity index (χ1v) is 9.66. The Morgan fingerprint density at radius 2 is 1.85 bits per heavy atom. The van der Waals surface area contributed by atoms with Gasteiger partial charge >= 0.3 is 5.97 Å². The van der Waals surface area contributed by atoms with Gasteiger partial charge in [0.2, 0.25) is 0 Å². The van der Waals surface area contributed by atoms with Gasteiger partial charge in [0.1, 0.15) is 0 Å². The van der Waals surface area contributed by atoms with E-state index in [1.807, 2.05) is 31.3 Å². The normalized spacial score (nSPS) is 15.3. The highest BCUT2D eigenvalue weighted by Crippen LogP contribution is 2.44. The molecule has 3 aromatic rings. The lowest BCUT2D eigenvalue weighted by molar-refractivity contribution is 0.0697. The number of rotatable bonds is 4. The molecule has 1 saturated carbocycles. The third-order valence-electron chi connectivity index (χ3n) is 5.94. The van der Waals surface area contributed by atoms with Crippen molar-refractivity contribution in [3.63, 3.8) is 0 Å². The maximum atomic E-state index is 11.5. The van der Waals surface area contributed by atoms with Crippen LogP contribution in [0, 0.1) is 0 Å². The molecule has 140 valence electrons. The molecule has 0 unspecified atom stereocenters. The van der Waals surface area contributed by atoms with Crippen molar-refractivity contribution in [1.82, 2.24) is 4.57 Å². The van der Waals surface area contributed by atoms with Crippen LogP contribution >= 0.6 is 0 Å². The predicted octanol–water partition coefficient (Wildman–Crippen LogP) is 5.08. The van der Waals surface area contributed by atoms with Crippen LogP contribution in [0.3, 0.4) is 0 Å². The molecule has 1 heterocycles. The summed E-state index contributed by atoms with van der Waals surface area (Å²) in [5.41, 5.74) is 5.61. The van der Waals surface area contributed by atoms with Gasteiger partial charge in [0, 0.05) is 23.5 Å². The Labute approximate surface area is 159 Å². The monoisotopic (exact) mass is 363 g/mol. The van der Waals surface area contributed by atoms with Crippen molar-refractivity contribution in [3.05, 3.63) is 59.2 Å². The van der Waals surface area contributed by atoms with Crippen molar-refractivity contribution in [2.45, 2.75) is 44.6 Å². The third kappa shape index (κ3) is 3.04. The minimum atomic E-state index is -0.908. The summed E-state index contributed by atoms with van der Waals surface area (Å²) in [6.45, 7) is -0.0117. The zero-order valence-electron chi connectivity index (χ0n) is 15.6. The van der Waals surface area contributed by atoms with Crippen molar-refractivity contribution in [3.8, 4) is 11.3 Å². The SMILES string of the molecule is Cn1c(-c2ccccc2CO)c(C2CCCCC2)c2ccc(C(=O)O)cc21. The smallest absolute Gasteiger partial charge is 0.335 e. The molecule has 4 nitrogen and oxygen atoms in total. The highest BCUT2D eigenvalue weighted by molar-refractivity contribution is 5.98. The number of aliphatic hydroxyl groups excluding tert-OH is 1. The minimum Gasteiger partial charge on any atom is -0.478 e. The van der Waals surface area contributed by atoms with Crippen LogP contribution in [0.25, 0.3) is 22.2 Å². The molecule has 27 heavy (non-hydrogen) atoms. The van der Waals surface area contributed by atoms with Crippen LogP contribution in [-0.2, 0) is 13.7 Å². The quantitative estimate of drug-likeness (QED) is 0.679. The van der Waals surface area contributed by atoms with E-state index in [0.717, 1.165) is 40.6 Å². The first-order valence-electron chi connectivity index (χ1n) is 9.66. The van der Waals surface area contributed by atoms with Gasteiger partial charge in [0.25, 0.3) is 0 Å². The lowest BCUT2D eigenvalue weighted by Crippen LogP contribution is -2.07. The van der Waals surface area contributed by atoms with Gasteiger partial charge in [0.15, 0.2) is 0 Å². The summed E-state index contributed by atoms with van der Waals surface area (Å²) in [4.78, 5) is 11.5. The van der Waals surface area contributed by atoms with Gasteiger partial charge in [0.05, 0.1) is 17.9 Å². The van der Waals surface area contributed by atoms with Crippen molar-refractivity contribution in [2.75, 3.05) is 0 Å². The van der Waals surface area contributed by atoms with Crippen LogP contribution in [0.5, 0.6) is 0 Å². The Hall–Kier alpha value is -2.59. The molecule has 0 amide bonds. The van der Waals surface area contributed by atoms with Gasteiger partial charge in [-0.3, -0.25) is 0 Å². The van der Waals surface area contributed by atoms with E-state index >= 15 is 0 Å². The Morgan fingerprint density at radius 3 is 2.56 bits per heavy atom. The number of carbonyl (C=O) groups is 1. The zero-order chi connectivity index (χ0) is 19.0. The summed E-state index contributed by atoms with van der Waals surface area (Å²) in [7, 11) is 2.00. The number of aromatic carboxylic acids is 1. The van der Waals surface area contributed by atoms with E-state index in [1.54, 1.807) is 12.1 Å². The first-order chi connectivity index (χ1) is 13.1. The van der Waals surface area contributed by atoms with Crippen LogP contribution in [0.15, 0.2) is 42.5 Å². The van der Waals surface area contributed by atoms with E-state index in [9.17, 15) is 15.0 Å². The topological polar surface area (TPSA) is 62.5 Å². The Morgan fingerprint density at radius 1 is 1.11 bits per heavy atom. The molecule has 0 saturated heterocycles. The van der Waals surface area contributed by atoms with Gasteiger partial charge in [-0.2, -0.15) is 0 Å². The van der Waals surface area contributed by atoms with Gasteiger partial charge in [-0.05, 0) is 42.0 Å². The maximum Gasteiger partial charge on any atom is 0.335 e. The van der Waals surface area contributed by atoms with E-state index in [1.165, 1.54) is 24.8 Å². The molecule has 0 bridgehead atoms. The molecular weight excluding hydrogens is 338 g/mol. The molecule has 4 rings (SSSR count). The molecule has 1 aliphatic rings. The molecule has 0 aliphatic heterocycles. The Balaban J connectivity index is 2.03. The van der Waals surface area contributed by atoms with Gasteiger partial charge in [-0.1, -0.05) is 49.6 Å². The largest absolute Gasteiger partial charge is 0.478 e. The van der Waals surface area contributed by atoms with E-state index < -0.39 is 5.97 Å². The van der Waals surface area contributed by atoms with Crippen molar-refractivity contribution >= 4 is 16.9 Å². The summed E-state index contributed by atoms with van der Waals surface area (Å²) in [5.74, 6) is -0.436. The lowest BCUT2D eigenvalue weighted by Gasteiger charge is -2.24. The number of carboxylic acid groups (broad SMARTS) is 1. The van der Waals surface area contributed by atoms with Gasteiger partial charge < -0.3 is 14.8 Å². The van der Waals surface area contributed by atoms with Crippen LogP contribution in [-0.4, -0.2) is 20.7 Å². The summed E-state index contributed by atoms with van der Waals surface area (Å²) < 4.78 is 2.11. The number of aromatic nitrogens is 1. The minimum absolute atomic E-state index is 0.0117. The van der Waals surface area contributed by atoms with Crippen LogP contribution < -0.4 is 0 Å². The summed E-state index contributed by atoms with van der Waals surface area (Å²) in [5, 5.41) is 20.4. The fourth-order valence-electron chi connectivity index (χ4n) is 4.62. The van der Waals surface area contributed by atoms with E-state index in [2.05, 4.69) is 10.6 Å². The van der Waals surface area contributed by atoms with Crippen molar-refractivity contribution in [2.24, 2.45) is 7.05 Å². The number of hydrogen-bond acceptors (Lipinski definition) is 2. The number of hydrogen-bond donors (Lipinski definition) is 2. The fraction of sp³-hybridized carbons (Fsp3) is 0.348. The second kappa shape index (κ2) is 7.20. The van der Waals surface area contributed by atoms with Crippen LogP contribution in [0.2, 0.25) is 0 Å². The number of carboxylic acids is 1. The molecule has 1 aliphatic carbocycles. The van der Waals surface area contributed by atoms with Crippen LogP contribution in [0.4, 0.5) is 0 Å². The highest BCUT2D eigenvalue weighted by atomic mass is 16.4. The predicted molar refractivity (Wildman–Crippen MR) is 107 cm³/mol. The summed E-state index contributed by atoms with van der Waals surface area (Å²) >= 11 is 0. The van der Waals surface area contributed by atoms with Crippen molar-refractivity contribution < 1.29 is 15.0 Å². The van der Waals surface area contributed by atoms with E-state index in [0.29, 0.717) is 11.5 Å². The lowest BCUT2D eigenvalue weighted by atomic mass is 9.81. The standard InChI is InChI=1S/C23H25NO3/c1-24-20-13-16(23(26)27)11-12-19(20)21(15-7-3-2-4-8-15)22(24)18-10-6-5-9-17(18)14-25/h5-6,9-13,15,25H,2-4,7-8,14H2,1H3,(H,26,27). The maximum absolute atomic E-state index is 11.5. The summed E-state index contributed by atoms with van der Waals surface area (Å²) in [6.07, 6.45) is 6.07. The molecule has 0 atom stereocenters. The first kappa shape index (κ1) is 17.8. The second-order valence-corrected chi connectivity index (χ2v) is 7.51. The molecule has 2 N–H and O–H groups in total. The Bertz CT molecular complexity index is 996. The average Bonchev–Trinajstić information content (AvgIpc) is 3.00. The van der Waals surface area contributed by atoms with E-state index in [4.69, 9.17) is 0 Å².